The van der Waals surface area contributed by atoms with Gasteiger partial charge in [0, 0.05) is 24.9 Å². The Labute approximate surface area is 182 Å². The van der Waals surface area contributed by atoms with Crippen LogP contribution in [-0.4, -0.2) is 41.0 Å². The van der Waals surface area contributed by atoms with Crippen molar-refractivity contribution in [1.82, 2.24) is 15.2 Å². The molecule has 1 aromatic carbocycles. The second-order valence-electron chi connectivity index (χ2n) is 8.82. The maximum atomic E-state index is 13.9. The molecule has 1 amide bonds. The summed E-state index contributed by atoms with van der Waals surface area (Å²) in [6.45, 7) is 2.94. The second kappa shape index (κ2) is 9.90. The molecule has 31 heavy (non-hydrogen) atoms. The number of nitrogens with zero attached hydrogens (tertiary/aromatic N) is 2. The van der Waals surface area contributed by atoms with Gasteiger partial charge in [-0.25, -0.2) is 13.8 Å². The van der Waals surface area contributed by atoms with Gasteiger partial charge in [-0.3, -0.25) is 9.69 Å². The Kier molecular flexibility index (Phi) is 7.00. The van der Waals surface area contributed by atoms with Crippen LogP contribution in [0.25, 0.3) is 11.3 Å². The minimum atomic E-state index is -0.698. The first-order valence-electron chi connectivity index (χ1n) is 11.5. The molecule has 1 aliphatic carbocycles. The Bertz CT molecular complexity index is 866. The number of rotatable bonds is 7. The Hall–Kier alpha value is -2.28. The summed E-state index contributed by atoms with van der Waals surface area (Å²) in [5.41, 5.74) is -0.140. The molecule has 0 unspecified atom stereocenters. The predicted octanol–water partition coefficient (Wildman–Crippen LogP) is 4.86. The molecule has 2 heterocycles. The maximum Gasteiger partial charge on any atom is 0.220 e. The SMILES string of the molecule is O=C(CCc1ncc(-c2c(F)cccc2F)o1)NCC1(N2CCCCC2)CCCCC1. The molecule has 0 atom stereocenters. The third kappa shape index (κ3) is 5.14. The highest BCUT2D eigenvalue weighted by molar-refractivity contribution is 5.76. The third-order valence-electron chi connectivity index (χ3n) is 6.75. The fraction of sp³-hybridized carbons (Fsp3) is 0.583. The molecule has 1 saturated carbocycles. The molecular formula is C24H31F2N3O2. The first kappa shape index (κ1) is 21.9. The summed E-state index contributed by atoms with van der Waals surface area (Å²) in [6, 6.07) is 3.66. The van der Waals surface area contributed by atoms with E-state index in [0.29, 0.717) is 18.9 Å². The normalized spacial score (nSPS) is 19.3. The highest BCUT2D eigenvalue weighted by Gasteiger charge is 2.38. The standard InChI is InChI=1S/C24H31F2N3O2/c25-18-8-7-9-19(26)23(18)20-16-27-22(31-20)11-10-21(30)28-17-24(12-3-1-4-13-24)29-14-5-2-6-15-29/h7-9,16H,1-6,10-15,17H2,(H,28,30). The van der Waals surface area contributed by atoms with Gasteiger partial charge in [-0.05, 0) is 50.9 Å². The first-order chi connectivity index (χ1) is 15.1. The summed E-state index contributed by atoms with van der Waals surface area (Å²) in [4.78, 5) is 19.3. The van der Waals surface area contributed by atoms with Crippen LogP contribution in [0.15, 0.2) is 28.8 Å². The quantitative estimate of drug-likeness (QED) is 0.680. The highest BCUT2D eigenvalue weighted by Crippen LogP contribution is 2.35. The first-order valence-corrected chi connectivity index (χ1v) is 11.5. The van der Waals surface area contributed by atoms with Crippen LogP contribution in [0.2, 0.25) is 0 Å². The van der Waals surface area contributed by atoms with Gasteiger partial charge in [-0.15, -0.1) is 0 Å². The number of carbonyl (C=O) groups excluding carboxylic acids is 1. The minimum Gasteiger partial charge on any atom is -0.441 e. The smallest absolute Gasteiger partial charge is 0.220 e. The third-order valence-corrected chi connectivity index (χ3v) is 6.75. The topological polar surface area (TPSA) is 58.4 Å². The fourth-order valence-corrected chi connectivity index (χ4v) is 5.03. The summed E-state index contributed by atoms with van der Waals surface area (Å²) in [5, 5.41) is 3.15. The average molecular weight is 432 g/mol. The maximum absolute atomic E-state index is 13.9. The number of halogens is 2. The van der Waals surface area contributed by atoms with Crippen LogP contribution in [0.1, 0.15) is 63.7 Å². The van der Waals surface area contributed by atoms with Gasteiger partial charge in [0.25, 0.3) is 0 Å². The molecule has 0 spiro atoms. The van der Waals surface area contributed by atoms with Gasteiger partial charge in [0.15, 0.2) is 11.7 Å². The molecule has 1 aliphatic heterocycles. The van der Waals surface area contributed by atoms with Crippen LogP contribution in [0.3, 0.4) is 0 Å². The molecule has 2 aromatic rings. The summed E-state index contributed by atoms with van der Waals surface area (Å²) in [6.07, 6.45) is 11.6. The lowest BCUT2D eigenvalue weighted by Gasteiger charge is -2.48. The van der Waals surface area contributed by atoms with E-state index in [9.17, 15) is 13.6 Å². The van der Waals surface area contributed by atoms with E-state index in [1.165, 1.54) is 62.9 Å². The highest BCUT2D eigenvalue weighted by atomic mass is 19.1. The average Bonchev–Trinajstić information content (AvgIpc) is 3.26. The molecule has 2 aliphatic rings. The van der Waals surface area contributed by atoms with Crippen LogP contribution in [0.4, 0.5) is 8.78 Å². The van der Waals surface area contributed by atoms with E-state index in [4.69, 9.17) is 4.42 Å². The lowest BCUT2D eigenvalue weighted by atomic mass is 9.79. The summed E-state index contributed by atoms with van der Waals surface area (Å²) < 4.78 is 33.4. The lowest BCUT2D eigenvalue weighted by molar-refractivity contribution is -0.122. The van der Waals surface area contributed by atoms with Crippen LogP contribution in [0.5, 0.6) is 0 Å². The van der Waals surface area contributed by atoms with Gasteiger partial charge < -0.3 is 9.73 Å². The molecule has 1 N–H and O–H groups in total. The van der Waals surface area contributed by atoms with Crippen LogP contribution in [0, 0.1) is 11.6 Å². The molecule has 1 saturated heterocycles. The number of aryl methyl sites for hydroxylation is 1. The van der Waals surface area contributed by atoms with E-state index >= 15 is 0 Å². The number of carbonyl (C=O) groups is 1. The summed E-state index contributed by atoms with van der Waals surface area (Å²) >= 11 is 0. The van der Waals surface area contributed by atoms with Crippen molar-refractivity contribution in [3.63, 3.8) is 0 Å². The number of hydrogen-bond donors (Lipinski definition) is 1. The molecule has 2 fully saturated rings. The Morgan fingerprint density at radius 3 is 2.45 bits per heavy atom. The molecule has 0 bridgehead atoms. The molecule has 4 rings (SSSR count). The van der Waals surface area contributed by atoms with Gasteiger partial charge in [0.05, 0.1) is 11.8 Å². The molecule has 1 aromatic heterocycles. The molecule has 5 nitrogen and oxygen atoms in total. The second-order valence-corrected chi connectivity index (χ2v) is 8.82. The number of piperidine rings is 1. The zero-order valence-electron chi connectivity index (χ0n) is 18.0. The van der Waals surface area contributed by atoms with Crippen LogP contribution >= 0.6 is 0 Å². The minimum absolute atomic E-state index is 0.0391. The van der Waals surface area contributed by atoms with E-state index in [1.807, 2.05) is 0 Å². The number of oxazole rings is 1. The van der Waals surface area contributed by atoms with E-state index in [1.54, 1.807) is 0 Å². The Balaban J connectivity index is 1.32. The zero-order chi connectivity index (χ0) is 21.7. The monoisotopic (exact) mass is 431 g/mol. The van der Waals surface area contributed by atoms with Gasteiger partial charge in [-0.2, -0.15) is 0 Å². The van der Waals surface area contributed by atoms with E-state index in [2.05, 4.69) is 15.2 Å². The van der Waals surface area contributed by atoms with E-state index in [-0.39, 0.29) is 29.2 Å². The van der Waals surface area contributed by atoms with Gasteiger partial charge in [0.2, 0.25) is 5.91 Å². The van der Waals surface area contributed by atoms with Crippen molar-refractivity contribution in [3.8, 4) is 11.3 Å². The lowest BCUT2D eigenvalue weighted by Crippen LogP contribution is -2.58. The van der Waals surface area contributed by atoms with Crippen molar-refractivity contribution in [2.24, 2.45) is 0 Å². The Morgan fingerprint density at radius 1 is 1.06 bits per heavy atom. The van der Waals surface area contributed by atoms with E-state index < -0.39 is 11.6 Å². The molecule has 0 radical (unpaired) electrons. The number of hydrogen-bond acceptors (Lipinski definition) is 4. The van der Waals surface area contributed by atoms with Gasteiger partial charge in [0.1, 0.15) is 11.6 Å². The van der Waals surface area contributed by atoms with Gasteiger partial charge >= 0.3 is 0 Å². The number of aromatic nitrogens is 1. The van der Waals surface area contributed by atoms with Gasteiger partial charge in [-0.1, -0.05) is 31.7 Å². The van der Waals surface area contributed by atoms with Crippen molar-refractivity contribution in [2.75, 3.05) is 19.6 Å². The summed E-state index contributed by atoms with van der Waals surface area (Å²) in [7, 11) is 0. The van der Waals surface area contributed by atoms with Crippen molar-refractivity contribution in [3.05, 3.63) is 41.9 Å². The van der Waals surface area contributed by atoms with Crippen molar-refractivity contribution in [2.45, 2.75) is 69.7 Å². The van der Waals surface area contributed by atoms with Crippen molar-refractivity contribution >= 4 is 5.91 Å². The number of nitrogens with one attached hydrogen (secondary N) is 1. The fourth-order valence-electron chi connectivity index (χ4n) is 5.03. The van der Waals surface area contributed by atoms with Crippen molar-refractivity contribution < 1.29 is 18.0 Å². The van der Waals surface area contributed by atoms with E-state index in [0.717, 1.165) is 25.9 Å². The molecule has 168 valence electrons. The van der Waals surface area contributed by atoms with Crippen LogP contribution in [-0.2, 0) is 11.2 Å². The Morgan fingerprint density at radius 2 is 1.74 bits per heavy atom. The number of benzene rings is 1. The van der Waals surface area contributed by atoms with Crippen LogP contribution < -0.4 is 5.32 Å². The zero-order valence-corrected chi connectivity index (χ0v) is 18.0. The molecular weight excluding hydrogens is 400 g/mol. The summed E-state index contributed by atoms with van der Waals surface area (Å²) in [5.74, 6) is -1.10. The number of likely N-dealkylation sites (tertiary alicyclic amines) is 1. The number of amides is 1. The predicted molar refractivity (Wildman–Crippen MR) is 114 cm³/mol. The van der Waals surface area contributed by atoms with Crippen molar-refractivity contribution in [1.29, 1.82) is 0 Å². The molecule has 7 heteroatoms. The largest absolute Gasteiger partial charge is 0.441 e.